The van der Waals surface area contributed by atoms with E-state index in [2.05, 4.69) is 33.4 Å². The molecule has 2 atom stereocenters. The lowest BCUT2D eigenvalue weighted by atomic mass is 10.1. The number of anilines is 1. The van der Waals surface area contributed by atoms with E-state index in [4.69, 9.17) is 5.73 Å². The Bertz CT molecular complexity index is 622. The van der Waals surface area contributed by atoms with Crippen LogP contribution in [0.25, 0.3) is 0 Å². The average Bonchev–Trinajstić information content (AvgIpc) is 3.18. The van der Waals surface area contributed by atoms with E-state index in [0.717, 1.165) is 10.9 Å². The summed E-state index contributed by atoms with van der Waals surface area (Å²) in [6, 6.07) is 15.8. The molecule has 0 aromatic heterocycles. The van der Waals surface area contributed by atoms with E-state index in [9.17, 15) is 4.79 Å². The van der Waals surface area contributed by atoms with Crippen LogP contribution in [-0.4, -0.2) is 11.9 Å². The molecule has 3 N–H and O–H groups in total. The van der Waals surface area contributed by atoms with Crippen molar-refractivity contribution in [2.24, 2.45) is 0 Å². The molecule has 0 heterocycles. The molecule has 3 rings (SSSR count). The van der Waals surface area contributed by atoms with Gasteiger partial charge in [0.15, 0.2) is 0 Å². The van der Waals surface area contributed by atoms with Crippen LogP contribution in [0.4, 0.5) is 5.69 Å². The largest absolute Gasteiger partial charge is 0.399 e. The Morgan fingerprint density at radius 3 is 2.65 bits per heavy atom. The van der Waals surface area contributed by atoms with Crippen molar-refractivity contribution in [3.05, 3.63) is 64.1 Å². The molecule has 0 aliphatic heterocycles. The summed E-state index contributed by atoms with van der Waals surface area (Å²) in [5.74, 6) is 0.367. The Balaban J connectivity index is 1.66. The van der Waals surface area contributed by atoms with Crippen LogP contribution >= 0.6 is 15.9 Å². The third-order valence-corrected chi connectivity index (χ3v) is 3.97. The van der Waals surface area contributed by atoms with E-state index in [1.165, 1.54) is 5.56 Å². The van der Waals surface area contributed by atoms with Gasteiger partial charge in [-0.1, -0.05) is 46.3 Å². The minimum atomic E-state index is -0.0681. The molecule has 2 unspecified atom stereocenters. The van der Waals surface area contributed by atoms with E-state index in [1.54, 1.807) is 18.2 Å². The number of hydrogen-bond acceptors (Lipinski definition) is 2. The fourth-order valence-electron chi connectivity index (χ4n) is 2.42. The molecule has 2 aromatic carbocycles. The van der Waals surface area contributed by atoms with Crippen molar-refractivity contribution >= 4 is 27.5 Å². The quantitative estimate of drug-likeness (QED) is 0.848. The molecule has 1 aliphatic carbocycles. The van der Waals surface area contributed by atoms with E-state index in [1.807, 2.05) is 18.2 Å². The van der Waals surface area contributed by atoms with E-state index in [-0.39, 0.29) is 11.9 Å². The normalized spacial score (nSPS) is 20.4. The summed E-state index contributed by atoms with van der Waals surface area (Å²) in [5.41, 5.74) is 8.21. The minimum absolute atomic E-state index is 0.0681. The molecule has 3 nitrogen and oxygen atoms in total. The maximum absolute atomic E-state index is 12.2. The first-order valence-electron chi connectivity index (χ1n) is 6.55. The van der Waals surface area contributed by atoms with Gasteiger partial charge in [-0.25, -0.2) is 0 Å². The van der Waals surface area contributed by atoms with Gasteiger partial charge in [-0.05, 0) is 30.2 Å². The van der Waals surface area contributed by atoms with Gasteiger partial charge in [-0.3, -0.25) is 4.79 Å². The van der Waals surface area contributed by atoms with Crippen molar-refractivity contribution in [2.75, 3.05) is 5.73 Å². The van der Waals surface area contributed by atoms with Gasteiger partial charge in [0.25, 0.3) is 5.91 Å². The maximum Gasteiger partial charge on any atom is 0.251 e. The highest BCUT2D eigenvalue weighted by atomic mass is 79.9. The Morgan fingerprint density at radius 2 is 1.95 bits per heavy atom. The summed E-state index contributed by atoms with van der Waals surface area (Å²) >= 11 is 3.35. The number of nitrogens with one attached hydrogen (secondary N) is 1. The zero-order chi connectivity index (χ0) is 14.1. The summed E-state index contributed by atoms with van der Waals surface area (Å²) in [7, 11) is 0. The number of nitrogens with two attached hydrogens (primary N) is 1. The van der Waals surface area contributed by atoms with Crippen molar-refractivity contribution in [3.8, 4) is 0 Å². The molecule has 0 bridgehead atoms. The van der Waals surface area contributed by atoms with Gasteiger partial charge in [0.2, 0.25) is 0 Å². The molecule has 1 amide bonds. The number of nitrogen functional groups attached to an aromatic ring is 1. The lowest BCUT2D eigenvalue weighted by Gasteiger charge is -2.06. The van der Waals surface area contributed by atoms with Crippen LogP contribution in [0.15, 0.2) is 53.0 Å². The van der Waals surface area contributed by atoms with Crippen molar-refractivity contribution in [2.45, 2.75) is 18.4 Å². The maximum atomic E-state index is 12.2. The lowest BCUT2D eigenvalue weighted by Crippen LogP contribution is -2.26. The molecule has 1 aliphatic rings. The third kappa shape index (κ3) is 2.85. The highest BCUT2D eigenvalue weighted by molar-refractivity contribution is 9.10. The van der Waals surface area contributed by atoms with Crippen LogP contribution in [0.1, 0.15) is 28.3 Å². The predicted octanol–water partition coefficient (Wildman–Crippen LogP) is 3.32. The molecule has 102 valence electrons. The topological polar surface area (TPSA) is 55.1 Å². The van der Waals surface area contributed by atoms with Gasteiger partial charge in [-0.2, -0.15) is 0 Å². The molecule has 0 radical (unpaired) electrons. The third-order valence-electron chi connectivity index (χ3n) is 3.52. The number of hydrogen-bond donors (Lipinski definition) is 2. The lowest BCUT2D eigenvalue weighted by molar-refractivity contribution is 0.0950. The summed E-state index contributed by atoms with van der Waals surface area (Å²) in [6.45, 7) is 0. The van der Waals surface area contributed by atoms with Crippen LogP contribution in [0.3, 0.4) is 0 Å². The van der Waals surface area contributed by atoms with E-state index < -0.39 is 0 Å². The smallest absolute Gasteiger partial charge is 0.251 e. The minimum Gasteiger partial charge on any atom is -0.399 e. The Kier molecular flexibility index (Phi) is 3.49. The molecule has 20 heavy (non-hydrogen) atoms. The molecule has 1 fully saturated rings. The molecule has 0 spiro atoms. The molecular formula is C16H15BrN2O. The second kappa shape index (κ2) is 5.29. The van der Waals surface area contributed by atoms with Crippen LogP contribution in [0.2, 0.25) is 0 Å². The first kappa shape index (κ1) is 13.2. The first-order chi connectivity index (χ1) is 9.63. The SMILES string of the molecule is Nc1cc(Br)cc(C(=O)NC2CC2c2ccccc2)c1. The monoisotopic (exact) mass is 330 g/mol. The molecule has 0 saturated heterocycles. The highest BCUT2D eigenvalue weighted by Crippen LogP contribution is 2.40. The second-order valence-corrected chi connectivity index (χ2v) is 6.02. The number of halogens is 1. The van der Waals surface area contributed by atoms with Gasteiger partial charge < -0.3 is 11.1 Å². The standard InChI is InChI=1S/C16H15BrN2O/c17-12-6-11(7-13(18)8-12)16(20)19-15-9-14(15)10-4-2-1-3-5-10/h1-8,14-15H,9,18H2,(H,19,20). The average molecular weight is 331 g/mol. The first-order valence-corrected chi connectivity index (χ1v) is 7.34. The molecular weight excluding hydrogens is 316 g/mol. The Labute approximate surface area is 126 Å². The fraction of sp³-hybridized carbons (Fsp3) is 0.188. The molecule has 1 saturated carbocycles. The zero-order valence-electron chi connectivity index (χ0n) is 10.8. The number of rotatable bonds is 3. The van der Waals surface area contributed by atoms with Gasteiger partial charge in [-0.15, -0.1) is 0 Å². The van der Waals surface area contributed by atoms with Gasteiger partial charge in [0, 0.05) is 27.7 Å². The van der Waals surface area contributed by atoms with Gasteiger partial charge >= 0.3 is 0 Å². The Morgan fingerprint density at radius 1 is 1.20 bits per heavy atom. The predicted molar refractivity (Wildman–Crippen MR) is 83.6 cm³/mol. The van der Waals surface area contributed by atoms with Crippen molar-refractivity contribution < 1.29 is 4.79 Å². The zero-order valence-corrected chi connectivity index (χ0v) is 12.4. The van der Waals surface area contributed by atoms with Crippen LogP contribution in [0, 0.1) is 0 Å². The fourth-order valence-corrected chi connectivity index (χ4v) is 2.93. The summed E-state index contributed by atoms with van der Waals surface area (Å²) in [5, 5.41) is 3.06. The van der Waals surface area contributed by atoms with Crippen molar-refractivity contribution in [1.29, 1.82) is 0 Å². The summed E-state index contributed by atoms with van der Waals surface area (Å²) in [6.07, 6.45) is 0.999. The van der Waals surface area contributed by atoms with Gasteiger partial charge in [0.1, 0.15) is 0 Å². The second-order valence-electron chi connectivity index (χ2n) is 5.11. The van der Waals surface area contributed by atoms with Crippen molar-refractivity contribution in [1.82, 2.24) is 5.32 Å². The Hall–Kier alpha value is -1.81. The number of benzene rings is 2. The van der Waals surface area contributed by atoms with Crippen LogP contribution in [-0.2, 0) is 0 Å². The van der Waals surface area contributed by atoms with E-state index >= 15 is 0 Å². The summed E-state index contributed by atoms with van der Waals surface area (Å²) < 4.78 is 0.818. The number of carbonyl (C=O) groups is 1. The van der Waals surface area contributed by atoms with Crippen LogP contribution in [0.5, 0.6) is 0 Å². The van der Waals surface area contributed by atoms with Gasteiger partial charge in [0.05, 0.1) is 0 Å². The van der Waals surface area contributed by atoms with Crippen LogP contribution < -0.4 is 11.1 Å². The van der Waals surface area contributed by atoms with E-state index in [0.29, 0.717) is 17.2 Å². The van der Waals surface area contributed by atoms with Crippen molar-refractivity contribution in [3.63, 3.8) is 0 Å². The highest BCUT2D eigenvalue weighted by Gasteiger charge is 2.39. The molecule has 2 aromatic rings. The number of carbonyl (C=O) groups excluding carboxylic acids is 1. The number of amides is 1. The molecule has 4 heteroatoms. The summed E-state index contributed by atoms with van der Waals surface area (Å²) in [4.78, 5) is 12.2.